The van der Waals surface area contributed by atoms with Gasteiger partial charge in [-0.3, -0.25) is 0 Å². The van der Waals surface area contributed by atoms with Gasteiger partial charge < -0.3 is 19.7 Å². The summed E-state index contributed by atoms with van der Waals surface area (Å²) < 4.78 is 11.2. The van der Waals surface area contributed by atoms with Crippen molar-refractivity contribution in [2.45, 2.75) is 51.8 Å². The van der Waals surface area contributed by atoms with Crippen molar-refractivity contribution in [3.63, 3.8) is 0 Å². The van der Waals surface area contributed by atoms with E-state index in [2.05, 4.69) is 27.6 Å². The molecule has 0 bridgehead atoms. The molecule has 0 radical (unpaired) electrons. The Morgan fingerprint density at radius 2 is 2.13 bits per heavy atom. The SMILES string of the molecule is CC(C)Oc1ccc(-c2nc(-c3cccc4c3CC[C@H]4N[C@H](C)CO)no2)cc1C#N. The second-order valence-corrected chi connectivity index (χ2v) is 8.13. The zero-order chi connectivity index (χ0) is 22.0. The largest absolute Gasteiger partial charge is 0.490 e. The molecule has 2 atom stereocenters. The van der Waals surface area contributed by atoms with E-state index in [1.165, 1.54) is 11.1 Å². The van der Waals surface area contributed by atoms with E-state index in [4.69, 9.17) is 9.26 Å². The maximum atomic E-state index is 9.48. The Labute approximate surface area is 181 Å². The van der Waals surface area contributed by atoms with Crippen LogP contribution in [0.1, 0.15) is 49.9 Å². The van der Waals surface area contributed by atoms with Crippen molar-refractivity contribution in [1.29, 1.82) is 5.26 Å². The summed E-state index contributed by atoms with van der Waals surface area (Å²) in [5.74, 6) is 1.43. The van der Waals surface area contributed by atoms with Crippen LogP contribution in [0.25, 0.3) is 22.8 Å². The van der Waals surface area contributed by atoms with Gasteiger partial charge >= 0.3 is 0 Å². The molecule has 0 aliphatic heterocycles. The normalized spacial score (nSPS) is 16.2. The van der Waals surface area contributed by atoms with E-state index >= 15 is 0 Å². The lowest BCUT2D eigenvalue weighted by Gasteiger charge is -2.18. The quantitative estimate of drug-likeness (QED) is 0.597. The number of benzene rings is 2. The summed E-state index contributed by atoms with van der Waals surface area (Å²) in [6.45, 7) is 5.91. The summed E-state index contributed by atoms with van der Waals surface area (Å²) in [5, 5.41) is 26.5. The highest BCUT2D eigenvalue weighted by Gasteiger charge is 2.27. The van der Waals surface area contributed by atoms with Crippen LogP contribution < -0.4 is 10.1 Å². The first-order chi connectivity index (χ1) is 15.0. The molecule has 31 heavy (non-hydrogen) atoms. The summed E-state index contributed by atoms with van der Waals surface area (Å²) in [5.41, 5.74) is 4.48. The van der Waals surface area contributed by atoms with Gasteiger partial charge in [0.15, 0.2) is 0 Å². The van der Waals surface area contributed by atoms with Gasteiger partial charge in [-0.2, -0.15) is 10.2 Å². The molecule has 0 fully saturated rings. The smallest absolute Gasteiger partial charge is 0.258 e. The zero-order valence-corrected chi connectivity index (χ0v) is 17.9. The van der Waals surface area contributed by atoms with Crippen LogP contribution in [0, 0.1) is 11.3 Å². The lowest BCUT2D eigenvalue weighted by Crippen LogP contribution is -2.32. The minimum atomic E-state index is -0.0215. The predicted molar refractivity (Wildman–Crippen MR) is 116 cm³/mol. The standard InChI is InChI=1S/C24H26N4O3/c1-14(2)30-22-10-7-16(11-17(22)12-25)24-27-23(28-31-24)20-6-4-5-19-18(20)8-9-21(19)26-15(3)13-29/h4-7,10-11,14-15,21,26,29H,8-9,13H2,1-3H3/t15-,21-/m1/s1. The number of nitrogens with one attached hydrogen (secondary N) is 1. The number of nitriles is 1. The van der Waals surface area contributed by atoms with E-state index in [9.17, 15) is 10.4 Å². The Bertz CT molecular complexity index is 1120. The third kappa shape index (κ3) is 4.31. The van der Waals surface area contributed by atoms with Gasteiger partial charge in [0.25, 0.3) is 5.89 Å². The highest BCUT2D eigenvalue weighted by Crippen LogP contribution is 2.37. The molecule has 2 N–H and O–H groups in total. The fourth-order valence-corrected chi connectivity index (χ4v) is 3.99. The van der Waals surface area contributed by atoms with Crippen LogP contribution in [0.2, 0.25) is 0 Å². The number of hydrogen-bond donors (Lipinski definition) is 2. The number of aliphatic hydroxyl groups is 1. The molecule has 7 heteroatoms. The monoisotopic (exact) mass is 418 g/mol. The second-order valence-electron chi connectivity index (χ2n) is 8.13. The Hall–Kier alpha value is -3.21. The average molecular weight is 418 g/mol. The molecule has 0 saturated heterocycles. The summed E-state index contributed by atoms with van der Waals surface area (Å²) in [4.78, 5) is 4.61. The van der Waals surface area contributed by atoms with Crippen LogP contribution in [0.5, 0.6) is 5.75 Å². The van der Waals surface area contributed by atoms with Gasteiger partial charge in [-0.1, -0.05) is 23.4 Å². The van der Waals surface area contributed by atoms with Gasteiger partial charge in [0.1, 0.15) is 11.8 Å². The fraction of sp³-hybridized carbons (Fsp3) is 0.375. The Balaban J connectivity index is 1.63. The van der Waals surface area contributed by atoms with E-state index in [-0.39, 0.29) is 24.8 Å². The second kappa shape index (κ2) is 8.88. The van der Waals surface area contributed by atoms with Crippen molar-refractivity contribution in [2.75, 3.05) is 6.61 Å². The van der Waals surface area contributed by atoms with Crippen LogP contribution in [-0.2, 0) is 6.42 Å². The van der Waals surface area contributed by atoms with Crippen molar-refractivity contribution >= 4 is 0 Å². The van der Waals surface area contributed by atoms with Crippen molar-refractivity contribution < 1.29 is 14.4 Å². The minimum Gasteiger partial charge on any atom is -0.490 e. The zero-order valence-electron chi connectivity index (χ0n) is 17.9. The van der Waals surface area contributed by atoms with Gasteiger partial charge in [0.2, 0.25) is 5.82 Å². The van der Waals surface area contributed by atoms with Crippen molar-refractivity contribution in [3.8, 4) is 34.7 Å². The van der Waals surface area contributed by atoms with Crippen LogP contribution in [0.3, 0.4) is 0 Å². The van der Waals surface area contributed by atoms with Gasteiger partial charge in [-0.05, 0) is 62.9 Å². The summed E-state index contributed by atoms with van der Waals surface area (Å²) >= 11 is 0. The lowest BCUT2D eigenvalue weighted by molar-refractivity contribution is 0.240. The van der Waals surface area contributed by atoms with Crippen LogP contribution in [-0.4, -0.2) is 34.0 Å². The van der Waals surface area contributed by atoms with E-state index in [1.807, 2.05) is 39.0 Å². The summed E-state index contributed by atoms with van der Waals surface area (Å²) in [7, 11) is 0. The summed E-state index contributed by atoms with van der Waals surface area (Å²) in [6.07, 6.45) is 1.85. The summed E-state index contributed by atoms with van der Waals surface area (Å²) in [6, 6.07) is 13.8. The molecule has 1 aliphatic carbocycles. The molecule has 1 aromatic heterocycles. The number of rotatable bonds is 7. The van der Waals surface area contributed by atoms with E-state index in [0.717, 1.165) is 18.4 Å². The molecule has 7 nitrogen and oxygen atoms in total. The van der Waals surface area contributed by atoms with Crippen LogP contribution >= 0.6 is 0 Å². The Kier molecular flexibility index (Phi) is 6.03. The van der Waals surface area contributed by atoms with Gasteiger partial charge in [0.05, 0.1) is 18.3 Å². The van der Waals surface area contributed by atoms with Crippen molar-refractivity contribution in [2.24, 2.45) is 0 Å². The molecule has 0 saturated carbocycles. The number of fused-ring (bicyclic) bond motifs is 1. The number of nitrogens with zero attached hydrogens (tertiary/aromatic N) is 3. The lowest BCUT2D eigenvalue weighted by atomic mass is 10.0. The molecule has 160 valence electrons. The molecule has 1 heterocycles. The molecular weight excluding hydrogens is 392 g/mol. The average Bonchev–Trinajstić information content (AvgIpc) is 3.41. The highest BCUT2D eigenvalue weighted by molar-refractivity contribution is 5.67. The molecule has 1 aliphatic rings. The molecule has 0 spiro atoms. The van der Waals surface area contributed by atoms with Crippen LogP contribution in [0.15, 0.2) is 40.9 Å². The van der Waals surface area contributed by atoms with E-state index in [1.54, 1.807) is 12.1 Å². The molecular formula is C24H26N4O3. The molecule has 0 amide bonds. The number of aliphatic hydroxyl groups excluding tert-OH is 1. The Morgan fingerprint density at radius 1 is 1.29 bits per heavy atom. The van der Waals surface area contributed by atoms with E-state index in [0.29, 0.717) is 28.6 Å². The van der Waals surface area contributed by atoms with Gasteiger partial charge in [0, 0.05) is 23.2 Å². The maximum Gasteiger partial charge on any atom is 0.258 e. The first-order valence-electron chi connectivity index (χ1n) is 10.5. The highest BCUT2D eigenvalue weighted by atomic mass is 16.5. The molecule has 0 unspecified atom stereocenters. The topological polar surface area (TPSA) is 104 Å². The van der Waals surface area contributed by atoms with Gasteiger partial charge in [-0.25, -0.2) is 0 Å². The Morgan fingerprint density at radius 3 is 2.87 bits per heavy atom. The number of hydrogen-bond acceptors (Lipinski definition) is 7. The first-order valence-corrected chi connectivity index (χ1v) is 10.5. The first kappa shape index (κ1) is 21.0. The number of ether oxygens (including phenoxy) is 1. The van der Waals surface area contributed by atoms with Gasteiger partial charge in [-0.15, -0.1) is 0 Å². The molecule has 3 aromatic rings. The van der Waals surface area contributed by atoms with E-state index < -0.39 is 0 Å². The fourth-order valence-electron chi connectivity index (χ4n) is 3.99. The minimum absolute atomic E-state index is 0.0215. The van der Waals surface area contributed by atoms with Crippen LogP contribution in [0.4, 0.5) is 0 Å². The third-order valence-corrected chi connectivity index (χ3v) is 5.41. The predicted octanol–water partition coefficient (Wildman–Crippen LogP) is 4.02. The van der Waals surface area contributed by atoms with Crippen molar-refractivity contribution in [3.05, 3.63) is 53.1 Å². The molecule has 2 aromatic carbocycles. The van der Waals surface area contributed by atoms with Crippen molar-refractivity contribution in [1.82, 2.24) is 15.5 Å². The maximum absolute atomic E-state index is 9.48. The molecule has 4 rings (SSSR count). The number of aromatic nitrogens is 2. The third-order valence-electron chi connectivity index (χ3n) is 5.41.